The molecule has 0 aliphatic carbocycles. The SMILES string of the molecule is CCCNc1nc(CC)nc(NCCc2ccco2)c1C. The zero-order chi connectivity index (χ0) is 15.1. The van der Waals surface area contributed by atoms with Gasteiger partial charge < -0.3 is 15.1 Å². The molecule has 2 rings (SSSR count). The van der Waals surface area contributed by atoms with Crippen LogP contribution in [-0.2, 0) is 12.8 Å². The Morgan fingerprint density at radius 2 is 1.81 bits per heavy atom. The smallest absolute Gasteiger partial charge is 0.134 e. The molecule has 5 nitrogen and oxygen atoms in total. The van der Waals surface area contributed by atoms with Gasteiger partial charge in [-0.05, 0) is 25.5 Å². The molecule has 0 aliphatic rings. The predicted molar refractivity (Wildman–Crippen MR) is 85.8 cm³/mol. The molecule has 0 bridgehead atoms. The third kappa shape index (κ3) is 4.21. The Bertz CT molecular complexity index is 552. The minimum atomic E-state index is 0.793. The Morgan fingerprint density at radius 1 is 1.10 bits per heavy atom. The average Bonchev–Trinajstić information content (AvgIpc) is 3.01. The lowest BCUT2D eigenvalue weighted by atomic mass is 10.2. The molecule has 5 heteroatoms. The van der Waals surface area contributed by atoms with E-state index in [1.165, 1.54) is 0 Å². The highest BCUT2D eigenvalue weighted by Crippen LogP contribution is 2.20. The first kappa shape index (κ1) is 15.4. The lowest BCUT2D eigenvalue weighted by Crippen LogP contribution is -2.13. The van der Waals surface area contributed by atoms with Crippen LogP contribution >= 0.6 is 0 Å². The number of nitrogens with one attached hydrogen (secondary N) is 2. The van der Waals surface area contributed by atoms with Crippen molar-refractivity contribution in [2.75, 3.05) is 23.7 Å². The summed E-state index contributed by atoms with van der Waals surface area (Å²) in [6.07, 6.45) is 4.45. The topological polar surface area (TPSA) is 63.0 Å². The fourth-order valence-electron chi connectivity index (χ4n) is 2.07. The van der Waals surface area contributed by atoms with E-state index in [9.17, 15) is 0 Å². The third-order valence-electron chi connectivity index (χ3n) is 3.29. The maximum absolute atomic E-state index is 5.34. The van der Waals surface area contributed by atoms with E-state index < -0.39 is 0 Å². The van der Waals surface area contributed by atoms with Gasteiger partial charge in [-0.2, -0.15) is 0 Å². The van der Waals surface area contributed by atoms with Crippen molar-refractivity contribution in [3.05, 3.63) is 35.5 Å². The Morgan fingerprint density at radius 3 is 2.38 bits per heavy atom. The first-order valence-corrected chi connectivity index (χ1v) is 7.62. The average molecular weight is 288 g/mol. The second-order valence-corrected chi connectivity index (χ2v) is 5.00. The number of nitrogens with zero attached hydrogens (tertiary/aromatic N) is 2. The third-order valence-corrected chi connectivity index (χ3v) is 3.29. The van der Waals surface area contributed by atoms with E-state index in [1.807, 2.05) is 19.1 Å². The second kappa shape index (κ2) is 7.67. The number of aromatic nitrogens is 2. The standard InChI is InChI=1S/C16H24N4O/c1-4-9-17-15-12(3)16(20-14(5-2)19-15)18-10-8-13-7-6-11-21-13/h6-7,11H,4-5,8-10H2,1-3H3,(H2,17,18,19,20). The highest BCUT2D eigenvalue weighted by atomic mass is 16.3. The first-order chi connectivity index (χ1) is 10.2. The molecule has 0 amide bonds. The summed E-state index contributed by atoms with van der Waals surface area (Å²) >= 11 is 0. The molecule has 0 aliphatic heterocycles. The number of hydrogen-bond donors (Lipinski definition) is 2. The van der Waals surface area contributed by atoms with Crippen LogP contribution in [0.1, 0.15) is 37.4 Å². The van der Waals surface area contributed by atoms with Gasteiger partial charge in [0.2, 0.25) is 0 Å². The maximum Gasteiger partial charge on any atom is 0.134 e. The van der Waals surface area contributed by atoms with Crippen molar-refractivity contribution < 1.29 is 4.42 Å². The molecule has 21 heavy (non-hydrogen) atoms. The van der Waals surface area contributed by atoms with Gasteiger partial charge >= 0.3 is 0 Å². The van der Waals surface area contributed by atoms with Gasteiger partial charge in [0, 0.05) is 31.5 Å². The molecule has 0 spiro atoms. The molecule has 2 aromatic heterocycles. The van der Waals surface area contributed by atoms with Crippen molar-refractivity contribution in [1.82, 2.24) is 9.97 Å². The van der Waals surface area contributed by atoms with Crippen molar-refractivity contribution in [3.63, 3.8) is 0 Å². The molecular weight excluding hydrogens is 264 g/mol. The molecule has 2 aromatic rings. The fourth-order valence-corrected chi connectivity index (χ4v) is 2.07. The maximum atomic E-state index is 5.34. The summed E-state index contributed by atoms with van der Waals surface area (Å²) < 4.78 is 5.34. The Balaban J connectivity index is 2.05. The molecule has 0 saturated heterocycles. The van der Waals surface area contributed by atoms with Crippen LogP contribution in [0, 0.1) is 6.92 Å². The Kier molecular flexibility index (Phi) is 5.60. The Labute approximate surface area is 126 Å². The van der Waals surface area contributed by atoms with Gasteiger partial charge in [0.1, 0.15) is 23.2 Å². The second-order valence-electron chi connectivity index (χ2n) is 5.00. The van der Waals surface area contributed by atoms with Crippen LogP contribution in [0.25, 0.3) is 0 Å². The van der Waals surface area contributed by atoms with E-state index in [4.69, 9.17) is 4.42 Å². The highest BCUT2D eigenvalue weighted by molar-refractivity contribution is 5.57. The summed E-state index contributed by atoms with van der Waals surface area (Å²) in [6, 6.07) is 3.90. The molecule has 0 fully saturated rings. The zero-order valence-electron chi connectivity index (χ0n) is 13.1. The quantitative estimate of drug-likeness (QED) is 0.779. The van der Waals surface area contributed by atoms with Gasteiger partial charge in [0.25, 0.3) is 0 Å². The van der Waals surface area contributed by atoms with E-state index in [-0.39, 0.29) is 0 Å². The molecule has 0 unspecified atom stereocenters. The minimum Gasteiger partial charge on any atom is -0.469 e. The van der Waals surface area contributed by atoms with Gasteiger partial charge in [-0.25, -0.2) is 9.97 Å². The summed E-state index contributed by atoms with van der Waals surface area (Å²) in [5.74, 6) is 3.69. The van der Waals surface area contributed by atoms with E-state index in [0.717, 1.165) is 61.1 Å². The number of rotatable bonds is 8. The van der Waals surface area contributed by atoms with E-state index in [0.29, 0.717) is 0 Å². The summed E-state index contributed by atoms with van der Waals surface area (Å²) in [5.41, 5.74) is 1.07. The van der Waals surface area contributed by atoms with Gasteiger partial charge in [0.15, 0.2) is 0 Å². The van der Waals surface area contributed by atoms with Crippen LogP contribution in [0.5, 0.6) is 0 Å². The Hall–Kier alpha value is -2.04. The molecule has 0 saturated carbocycles. The van der Waals surface area contributed by atoms with Crippen LogP contribution in [-0.4, -0.2) is 23.1 Å². The number of anilines is 2. The zero-order valence-corrected chi connectivity index (χ0v) is 13.1. The number of furan rings is 1. The summed E-state index contributed by atoms with van der Waals surface area (Å²) in [5, 5.41) is 6.76. The molecule has 0 radical (unpaired) electrons. The van der Waals surface area contributed by atoms with Gasteiger partial charge in [0.05, 0.1) is 6.26 Å². The van der Waals surface area contributed by atoms with Crippen molar-refractivity contribution in [2.24, 2.45) is 0 Å². The molecule has 114 valence electrons. The predicted octanol–water partition coefficient (Wildman–Crippen LogP) is 3.42. The van der Waals surface area contributed by atoms with Crippen LogP contribution in [0.2, 0.25) is 0 Å². The van der Waals surface area contributed by atoms with Crippen molar-refractivity contribution >= 4 is 11.6 Å². The van der Waals surface area contributed by atoms with Crippen LogP contribution in [0.3, 0.4) is 0 Å². The lowest BCUT2D eigenvalue weighted by molar-refractivity contribution is 0.513. The highest BCUT2D eigenvalue weighted by Gasteiger charge is 2.09. The first-order valence-electron chi connectivity index (χ1n) is 7.62. The lowest BCUT2D eigenvalue weighted by Gasteiger charge is -2.14. The van der Waals surface area contributed by atoms with Crippen molar-refractivity contribution in [2.45, 2.75) is 40.0 Å². The molecular formula is C16H24N4O. The summed E-state index contributed by atoms with van der Waals surface area (Å²) in [4.78, 5) is 9.15. The van der Waals surface area contributed by atoms with Crippen LogP contribution in [0.4, 0.5) is 11.6 Å². The normalized spacial score (nSPS) is 10.6. The fraction of sp³-hybridized carbons (Fsp3) is 0.500. The van der Waals surface area contributed by atoms with E-state index in [2.05, 4.69) is 34.4 Å². The number of hydrogen-bond acceptors (Lipinski definition) is 5. The van der Waals surface area contributed by atoms with Gasteiger partial charge in [-0.3, -0.25) is 0 Å². The van der Waals surface area contributed by atoms with Crippen LogP contribution < -0.4 is 10.6 Å². The van der Waals surface area contributed by atoms with E-state index >= 15 is 0 Å². The van der Waals surface area contributed by atoms with Crippen LogP contribution in [0.15, 0.2) is 22.8 Å². The minimum absolute atomic E-state index is 0.793. The van der Waals surface area contributed by atoms with E-state index in [1.54, 1.807) is 6.26 Å². The number of aryl methyl sites for hydroxylation is 1. The molecule has 2 N–H and O–H groups in total. The molecule has 2 heterocycles. The summed E-state index contributed by atoms with van der Waals surface area (Å²) in [7, 11) is 0. The summed E-state index contributed by atoms with van der Waals surface area (Å²) in [6.45, 7) is 7.98. The van der Waals surface area contributed by atoms with Crippen molar-refractivity contribution in [3.8, 4) is 0 Å². The molecule has 0 aromatic carbocycles. The van der Waals surface area contributed by atoms with Gasteiger partial charge in [-0.1, -0.05) is 13.8 Å². The largest absolute Gasteiger partial charge is 0.469 e. The monoisotopic (exact) mass is 288 g/mol. The van der Waals surface area contributed by atoms with Gasteiger partial charge in [-0.15, -0.1) is 0 Å². The van der Waals surface area contributed by atoms with Crippen molar-refractivity contribution in [1.29, 1.82) is 0 Å². The molecule has 0 atom stereocenters.